The summed E-state index contributed by atoms with van der Waals surface area (Å²) < 4.78 is 19.5. The summed E-state index contributed by atoms with van der Waals surface area (Å²) in [4.78, 5) is 14.5. The van der Waals surface area contributed by atoms with E-state index in [1.54, 1.807) is 11.1 Å². The van der Waals surface area contributed by atoms with Crippen molar-refractivity contribution in [1.29, 1.82) is 0 Å². The summed E-state index contributed by atoms with van der Waals surface area (Å²) in [6.45, 7) is 10.6. The molecule has 2 aliphatic rings. The van der Waals surface area contributed by atoms with Gasteiger partial charge in [0, 0.05) is 26.5 Å². The fourth-order valence-electron chi connectivity index (χ4n) is 5.44. The summed E-state index contributed by atoms with van der Waals surface area (Å²) in [5.74, 6) is 0.602. The molecule has 2 heterocycles. The van der Waals surface area contributed by atoms with Gasteiger partial charge in [-0.3, -0.25) is 4.90 Å². The summed E-state index contributed by atoms with van der Waals surface area (Å²) >= 11 is 0. The molecule has 1 saturated carbocycles. The minimum Gasteiger partial charge on any atom is -0.453 e. The topological polar surface area (TPSA) is 65.8 Å². The number of benzene rings is 1. The van der Waals surface area contributed by atoms with Gasteiger partial charge in [0.15, 0.2) is 0 Å². The van der Waals surface area contributed by atoms with Gasteiger partial charge in [-0.2, -0.15) is 5.10 Å². The lowest BCUT2D eigenvalue weighted by Gasteiger charge is -2.33. The Bertz CT molecular complexity index is 1040. The normalized spacial score (nSPS) is 24.2. The first-order valence-electron chi connectivity index (χ1n) is 13.6. The van der Waals surface area contributed by atoms with Crippen molar-refractivity contribution in [2.75, 3.05) is 20.3 Å². The monoisotopic (exact) mass is 525 g/mol. The number of hydrogen-bond donors (Lipinski definition) is 0. The lowest BCUT2D eigenvalue weighted by atomic mass is 9.83. The number of ether oxygens (including phenoxy) is 3. The molecule has 1 aromatic heterocycles. The zero-order chi connectivity index (χ0) is 26.4. The zero-order valence-electron chi connectivity index (χ0n) is 23.1. The largest absolute Gasteiger partial charge is 0.453 e. The van der Waals surface area contributed by atoms with Crippen molar-refractivity contribution in [3.63, 3.8) is 0 Å². The third-order valence-corrected chi connectivity index (χ3v) is 9.30. The molecule has 7 nitrogen and oxygen atoms in total. The van der Waals surface area contributed by atoms with Gasteiger partial charge in [-0.1, -0.05) is 56.0 Å². The Kier molecular flexibility index (Phi) is 9.26. The molecule has 8 heteroatoms. The van der Waals surface area contributed by atoms with Crippen molar-refractivity contribution in [3.8, 4) is 0 Å². The van der Waals surface area contributed by atoms with Gasteiger partial charge >= 0.3 is 6.09 Å². The molecule has 202 valence electrons. The first kappa shape index (κ1) is 27.6. The fraction of sp³-hybridized carbons (Fsp3) is 0.586. The molecule has 2 atom stereocenters. The van der Waals surface area contributed by atoms with E-state index in [4.69, 9.17) is 14.2 Å². The second-order valence-corrected chi connectivity index (χ2v) is 17.2. The minimum atomic E-state index is -1.16. The van der Waals surface area contributed by atoms with Crippen LogP contribution in [0.1, 0.15) is 49.8 Å². The molecular formula is C29H43N3O4Si. The number of carbonyl (C=O) groups is 1. The van der Waals surface area contributed by atoms with Crippen LogP contribution < -0.4 is 0 Å². The summed E-state index contributed by atoms with van der Waals surface area (Å²) in [6, 6.07) is 13.6. The van der Waals surface area contributed by atoms with Crippen LogP contribution in [0.15, 0.2) is 48.7 Å². The quantitative estimate of drug-likeness (QED) is 0.274. The molecule has 0 unspecified atom stereocenters. The molecular weight excluding hydrogens is 482 g/mol. The Morgan fingerprint density at radius 3 is 2.49 bits per heavy atom. The highest BCUT2D eigenvalue weighted by atomic mass is 28.3. The molecule has 4 rings (SSSR count). The molecule has 0 saturated heterocycles. The van der Waals surface area contributed by atoms with Crippen molar-refractivity contribution < 1.29 is 19.0 Å². The maximum atomic E-state index is 12.8. The van der Waals surface area contributed by atoms with Crippen molar-refractivity contribution in [3.05, 3.63) is 59.9 Å². The summed E-state index contributed by atoms with van der Waals surface area (Å²) in [5, 5.41) is 4.52. The van der Waals surface area contributed by atoms with E-state index in [0.717, 1.165) is 49.6 Å². The Morgan fingerprint density at radius 1 is 1.08 bits per heavy atom. The fourth-order valence-corrected chi connectivity index (χ4v) is 6.19. The summed E-state index contributed by atoms with van der Waals surface area (Å²) in [6.07, 6.45) is 8.11. The average molecular weight is 526 g/mol. The van der Waals surface area contributed by atoms with E-state index in [9.17, 15) is 4.79 Å². The number of rotatable bonds is 10. The molecule has 1 fully saturated rings. The van der Waals surface area contributed by atoms with Crippen LogP contribution in [0.2, 0.25) is 25.7 Å². The van der Waals surface area contributed by atoms with E-state index < -0.39 is 8.07 Å². The number of methoxy groups -OCH3 is 1. The third-order valence-electron chi connectivity index (χ3n) is 7.60. The average Bonchev–Trinajstić information content (AvgIpc) is 3.48. The third kappa shape index (κ3) is 7.12. The summed E-state index contributed by atoms with van der Waals surface area (Å²) in [5.41, 5.74) is 3.43. The molecule has 0 bridgehead atoms. The maximum absolute atomic E-state index is 12.8. The zero-order valence-corrected chi connectivity index (χ0v) is 24.1. The summed E-state index contributed by atoms with van der Waals surface area (Å²) in [7, 11) is 0.281. The number of hydrogen-bond acceptors (Lipinski definition) is 5. The van der Waals surface area contributed by atoms with E-state index in [1.807, 2.05) is 17.7 Å². The van der Waals surface area contributed by atoms with Crippen molar-refractivity contribution in [1.82, 2.24) is 14.7 Å². The first-order valence-corrected chi connectivity index (χ1v) is 17.3. The molecule has 1 amide bonds. The highest BCUT2D eigenvalue weighted by Crippen LogP contribution is 2.36. The van der Waals surface area contributed by atoms with E-state index >= 15 is 0 Å². The number of carbonyl (C=O) groups excluding carboxylic acids is 1. The molecule has 0 radical (unpaired) electrons. The number of aromatic nitrogens is 2. The molecule has 0 spiro atoms. The van der Waals surface area contributed by atoms with Crippen LogP contribution in [-0.4, -0.2) is 67.4 Å². The van der Waals surface area contributed by atoms with Crippen LogP contribution in [0.5, 0.6) is 0 Å². The highest BCUT2D eigenvalue weighted by Gasteiger charge is 2.39. The maximum Gasteiger partial charge on any atom is 0.410 e. The van der Waals surface area contributed by atoms with Gasteiger partial charge in [-0.05, 0) is 56.2 Å². The van der Waals surface area contributed by atoms with Crippen molar-refractivity contribution in [2.24, 2.45) is 0 Å². The van der Waals surface area contributed by atoms with Gasteiger partial charge in [0.2, 0.25) is 0 Å². The van der Waals surface area contributed by atoms with Crippen LogP contribution in [0.25, 0.3) is 5.57 Å². The predicted molar refractivity (Wildman–Crippen MR) is 149 cm³/mol. The Hall–Kier alpha value is -2.42. The highest BCUT2D eigenvalue weighted by molar-refractivity contribution is 6.76. The van der Waals surface area contributed by atoms with Crippen LogP contribution in [0.4, 0.5) is 4.79 Å². The second kappa shape index (κ2) is 12.4. The molecule has 1 aliphatic heterocycles. The lowest BCUT2D eigenvalue weighted by Crippen LogP contribution is -2.44. The van der Waals surface area contributed by atoms with Gasteiger partial charge in [0.1, 0.15) is 6.73 Å². The first-order chi connectivity index (χ1) is 17.8. The van der Waals surface area contributed by atoms with E-state index in [0.29, 0.717) is 19.3 Å². The Labute approximate surface area is 222 Å². The number of nitrogens with zero attached hydrogens (tertiary/aromatic N) is 3. The SMILES string of the molecule is COC(=O)N1[C@H](C)C=C(c2ccnn2COCC[Si](C)(C)C)[C@@H]1CO[C@H]1CC[C@@H](c2ccccc2)CC1. The Morgan fingerprint density at radius 2 is 1.81 bits per heavy atom. The lowest BCUT2D eigenvalue weighted by molar-refractivity contribution is 0.000704. The van der Waals surface area contributed by atoms with E-state index in [2.05, 4.69) is 61.1 Å². The smallest absolute Gasteiger partial charge is 0.410 e. The van der Waals surface area contributed by atoms with Gasteiger partial charge in [0.25, 0.3) is 0 Å². The molecule has 1 aromatic carbocycles. The molecule has 1 aliphatic carbocycles. The minimum absolute atomic E-state index is 0.0963. The van der Waals surface area contributed by atoms with E-state index in [-0.39, 0.29) is 24.3 Å². The van der Waals surface area contributed by atoms with Crippen LogP contribution >= 0.6 is 0 Å². The van der Waals surface area contributed by atoms with Crippen LogP contribution in [-0.2, 0) is 20.9 Å². The molecule has 37 heavy (non-hydrogen) atoms. The van der Waals surface area contributed by atoms with Gasteiger partial charge in [-0.15, -0.1) is 0 Å². The number of amides is 1. The van der Waals surface area contributed by atoms with Crippen molar-refractivity contribution >= 4 is 19.7 Å². The van der Waals surface area contributed by atoms with Gasteiger partial charge < -0.3 is 14.2 Å². The van der Waals surface area contributed by atoms with Gasteiger partial charge in [-0.25, -0.2) is 9.48 Å². The molecule has 0 N–H and O–H groups in total. The van der Waals surface area contributed by atoms with Gasteiger partial charge in [0.05, 0.1) is 37.6 Å². The predicted octanol–water partition coefficient (Wildman–Crippen LogP) is 6.16. The van der Waals surface area contributed by atoms with Crippen molar-refractivity contribution in [2.45, 2.75) is 89.1 Å². The standard InChI is InChI=1S/C29H43N3O4Si/c1-22-19-26(27-15-16-30-31(27)21-35-17-18-37(3,4)5)28(32(22)29(33)34-2)20-36-25-13-11-24(12-14-25)23-9-7-6-8-10-23/h6-10,15-16,19,22,24-25,28H,11-14,17-18,20-21H2,1-5H3/t22-,24-,25+,28+/m1/s1. The molecule has 2 aromatic rings. The van der Waals surface area contributed by atoms with E-state index in [1.165, 1.54) is 12.7 Å². The van der Waals surface area contributed by atoms with Crippen LogP contribution in [0, 0.1) is 0 Å². The second-order valence-electron chi connectivity index (χ2n) is 11.5. The van der Waals surface area contributed by atoms with Crippen LogP contribution in [0.3, 0.4) is 0 Å². The Balaban J connectivity index is 1.41.